The van der Waals surface area contributed by atoms with E-state index in [-0.39, 0.29) is 0 Å². The smallest absolute Gasteiger partial charge is 0.227 e. The molecule has 1 aromatic rings. The molecule has 1 saturated carbocycles. The third kappa shape index (κ3) is 3.22. The Hall–Kier alpha value is -0.550. The molecule has 1 atom stereocenters. The van der Waals surface area contributed by atoms with E-state index in [0.717, 1.165) is 30.7 Å². The van der Waals surface area contributed by atoms with Crippen molar-refractivity contribution < 1.29 is 4.52 Å². The van der Waals surface area contributed by atoms with E-state index in [9.17, 15) is 0 Å². The van der Waals surface area contributed by atoms with Crippen LogP contribution < -0.4 is 5.32 Å². The molecule has 94 valence electrons. The van der Waals surface area contributed by atoms with Crippen molar-refractivity contribution >= 4 is 11.8 Å². The summed E-state index contributed by atoms with van der Waals surface area (Å²) in [4.78, 5) is 4.51. The molecule has 0 bridgehead atoms. The molecule has 1 aliphatic heterocycles. The third-order valence-electron chi connectivity index (χ3n) is 3.30. The summed E-state index contributed by atoms with van der Waals surface area (Å²) in [6.07, 6.45) is 7.34. The fourth-order valence-electron chi connectivity index (χ4n) is 2.12. The van der Waals surface area contributed by atoms with Gasteiger partial charge in [-0.25, -0.2) is 0 Å². The van der Waals surface area contributed by atoms with Gasteiger partial charge in [0.25, 0.3) is 0 Å². The summed E-state index contributed by atoms with van der Waals surface area (Å²) in [5.41, 5.74) is 0. The lowest BCUT2D eigenvalue weighted by molar-refractivity contribution is 0.369. The predicted octanol–water partition coefficient (Wildman–Crippen LogP) is 2.32. The maximum atomic E-state index is 5.31. The van der Waals surface area contributed by atoms with E-state index in [0.29, 0.717) is 5.25 Å². The highest BCUT2D eigenvalue weighted by molar-refractivity contribution is 7.99. The average molecular weight is 253 g/mol. The summed E-state index contributed by atoms with van der Waals surface area (Å²) in [5, 5.41) is 8.05. The van der Waals surface area contributed by atoms with Gasteiger partial charge in [0.05, 0.1) is 5.25 Å². The lowest BCUT2D eigenvalue weighted by Crippen LogP contribution is -2.19. The van der Waals surface area contributed by atoms with E-state index < -0.39 is 0 Å². The standard InChI is InChI=1S/C12H19N3OS/c1-2-8-17-10(3-1)12-14-11(16-15-12)6-7-13-9-4-5-9/h9-10,13H,1-8H2. The third-order valence-corrected chi connectivity index (χ3v) is 4.67. The van der Waals surface area contributed by atoms with Crippen LogP contribution in [0.25, 0.3) is 0 Å². The molecule has 1 aliphatic carbocycles. The highest BCUT2D eigenvalue weighted by atomic mass is 32.2. The van der Waals surface area contributed by atoms with Crippen LogP contribution in [0.3, 0.4) is 0 Å². The van der Waals surface area contributed by atoms with Gasteiger partial charge in [-0.2, -0.15) is 16.7 Å². The van der Waals surface area contributed by atoms with Gasteiger partial charge in [-0.05, 0) is 31.4 Å². The van der Waals surface area contributed by atoms with Gasteiger partial charge >= 0.3 is 0 Å². The van der Waals surface area contributed by atoms with Crippen LogP contribution >= 0.6 is 11.8 Å². The van der Waals surface area contributed by atoms with Crippen LogP contribution in [0.1, 0.15) is 49.1 Å². The molecule has 4 nitrogen and oxygen atoms in total. The molecule has 17 heavy (non-hydrogen) atoms. The molecular weight excluding hydrogens is 234 g/mol. The second-order valence-electron chi connectivity index (χ2n) is 4.88. The maximum Gasteiger partial charge on any atom is 0.227 e. The number of aromatic nitrogens is 2. The van der Waals surface area contributed by atoms with Gasteiger partial charge in [0.1, 0.15) is 0 Å². The van der Waals surface area contributed by atoms with Crippen molar-refractivity contribution in [2.45, 2.75) is 49.8 Å². The average Bonchev–Trinajstić information content (AvgIpc) is 3.07. The van der Waals surface area contributed by atoms with Crippen LogP contribution in [0, 0.1) is 0 Å². The van der Waals surface area contributed by atoms with Crippen molar-refractivity contribution in [1.29, 1.82) is 0 Å². The van der Waals surface area contributed by atoms with Crippen molar-refractivity contribution in [3.63, 3.8) is 0 Å². The summed E-state index contributed by atoms with van der Waals surface area (Å²) in [7, 11) is 0. The summed E-state index contributed by atoms with van der Waals surface area (Å²) in [6.45, 7) is 0.962. The van der Waals surface area contributed by atoms with Crippen LogP contribution in [-0.4, -0.2) is 28.5 Å². The van der Waals surface area contributed by atoms with Crippen LogP contribution in [0.15, 0.2) is 4.52 Å². The fourth-order valence-corrected chi connectivity index (χ4v) is 3.35. The quantitative estimate of drug-likeness (QED) is 0.872. The Labute approximate surface area is 106 Å². The van der Waals surface area contributed by atoms with Gasteiger partial charge in [-0.3, -0.25) is 0 Å². The van der Waals surface area contributed by atoms with E-state index in [2.05, 4.69) is 15.5 Å². The second kappa shape index (κ2) is 5.40. The first-order valence-electron chi connectivity index (χ1n) is 6.59. The van der Waals surface area contributed by atoms with Crippen molar-refractivity contribution in [3.8, 4) is 0 Å². The predicted molar refractivity (Wildman–Crippen MR) is 68.1 cm³/mol. The Kier molecular flexibility index (Phi) is 3.66. The van der Waals surface area contributed by atoms with Crippen molar-refractivity contribution in [1.82, 2.24) is 15.5 Å². The molecule has 1 saturated heterocycles. The molecule has 2 heterocycles. The molecule has 3 rings (SSSR count). The molecule has 0 radical (unpaired) electrons. The number of hydrogen-bond acceptors (Lipinski definition) is 5. The Morgan fingerprint density at radius 1 is 1.29 bits per heavy atom. The topological polar surface area (TPSA) is 51.0 Å². The highest BCUT2D eigenvalue weighted by Crippen LogP contribution is 2.36. The summed E-state index contributed by atoms with van der Waals surface area (Å²) in [5.74, 6) is 2.94. The molecule has 1 unspecified atom stereocenters. The summed E-state index contributed by atoms with van der Waals surface area (Å²) >= 11 is 1.97. The van der Waals surface area contributed by atoms with Crippen molar-refractivity contribution in [3.05, 3.63) is 11.7 Å². The zero-order valence-electron chi connectivity index (χ0n) is 10.0. The zero-order chi connectivity index (χ0) is 11.5. The van der Waals surface area contributed by atoms with Crippen LogP contribution in [-0.2, 0) is 6.42 Å². The molecular formula is C12H19N3OS. The van der Waals surface area contributed by atoms with Crippen molar-refractivity contribution in [2.24, 2.45) is 0 Å². The molecule has 0 aromatic carbocycles. The first kappa shape index (κ1) is 11.5. The number of nitrogens with one attached hydrogen (secondary N) is 1. The minimum absolute atomic E-state index is 0.470. The van der Waals surface area contributed by atoms with E-state index in [1.165, 1.54) is 37.9 Å². The zero-order valence-corrected chi connectivity index (χ0v) is 10.8. The van der Waals surface area contributed by atoms with Crippen LogP contribution in [0.4, 0.5) is 0 Å². The van der Waals surface area contributed by atoms with Crippen LogP contribution in [0.5, 0.6) is 0 Å². The number of rotatable bonds is 5. The maximum absolute atomic E-state index is 5.31. The van der Waals surface area contributed by atoms with Gasteiger partial charge in [0.2, 0.25) is 5.89 Å². The Bertz CT molecular complexity index is 358. The largest absolute Gasteiger partial charge is 0.339 e. The summed E-state index contributed by atoms with van der Waals surface area (Å²) < 4.78 is 5.31. The molecule has 0 spiro atoms. The molecule has 1 aromatic heterocycles. The SMILES string of the molecule is C1CCC(c2noc(CCNC3CC3)n2)SC1. The van der Waals surface area contributed by atoms with Gasteiger partial charge in [0, 0.05) is 19.0 Å². The molecule has 2 fully saturated rings. The minimum Gasteiger partial charge on any atom is -0.339 e. The number of hydrogen-bond donors (Lipinski definition) is 1. The van der Waals surface area contributed by atoms with Crippen LogP contribution in [0.2, 0.25) is 0 Å². The molecule has 5 heteroatoms. The van der Waals surface area contributed by atoms with Gasteiger partial charge in [0.15, 0.2) is 5.82 Å². The van der Waals surface area contributed by atoms with E-state index in [4.69, 9.17) is 4.52 Å². The monoisotopic (exact) mass is 253 g/mol. The highest BCUT2D eigenvalue weighted by Gasteiger charge is 2.22. The van der Waals surface area contributed by atoms with Gasteiger partial charge in [-0.1, -0.05) is 11.6 Å². The first-order chi connectivity index (χ1) is 8.42. The lowest BCUT2D eigenvalue weighted by Gasteiger charge is -2.17. The molecule has 0 amide bonds. The Morgan fingerprint density at radius 2 is 2.24 bits per heavy atom. The Morgan fingerprint density at radius 3 is 3.00 bits per heavy atom. The van der Waals surface area contributed by atoms with Gasteiger partial charge < -0.3 is 9.84 Å². The fraction of sp³-hybridized carbons (Fsp3) is 0.833. The normalized spacial score (nSPS) is 25.1. The number of thioether (sulfide) groups is 1. The van der Waals surface area contributed by atoms with E-state index in [1.807, 2.05) is 11.8 Å². The van der Waals surface area contributed by atoms with Gasteiger partial charge in [-0.15, -0.1) is 0 Å². The summed E-state index contributed by atoms with van der Waals surface area (Å²) in [6, 6.07) is 0.756. The second-order valence-corrected chi connectivity index (χ2v) is 6.19. The van der Waals surface area contributed by atoms with E-state index >= 15 is 0 Å². The minimum atomic E-state index is 0.470. The Balaban J connectivity index is 1.49. The van der Waals surface area contributed by atoms with Crippen molar-refractivity contribution in [2.75, 3.05) is 12.3 Å². The molecule has 1 N–H and O–H groups in total. The lowest BCUT2D eigenvalue weighted by atomic mass is 10.2. The molecule has 2 aliphatic rings. The van der Waals surface area contributed by atoms with E-state index in [1.54, 1.807) is 0 Å². The first-order valence-corrected chi connectivity index (χ1v) is 7.64. The number of nitrogens with zero attached hydrogens (tertiary/aromatic N) is 2.